The van der Waals surface area contributed by atoms with E-state index in [1.165, 1.54) is 31.4 Å². The van der Waals surface area contributed by atoms with Gasteiger partial charge in [0.2, 0.25) is 5.88 Å². The van der Waals surface area contributed by atoms with Crippen LogP contribution in [0, 0.1) is 5.92 Å². The lowest BCUT2D eigenvalue weighted by atomic mass is 9.90. The third-order valence-corrected chi connectivity index (χ3v) is 7.98. The van der Waals surface area contributed by atoms with Gasteiger partial charge in [-0.3, -0.25) is 4.79 Å². The van der Waals surface area contributed by atoms with E-state index in [1.54, 1.807) is 30.5 Å². The van der Waals surface area contributed by atoms with Crippen LogP contribution in [-0.2, 0) is 10.0 Å². The van der Waals surface area contributed by atoms with Crippen LogP contribution in [0.15, 0.2) is 59.8 Å². The summed E-state index contributed by atoms with van der Waals surface area (Å²) in [5, 5.41) is 0.0274. The van der Waals surface area contributed by atoms with E-state index in [9.17, 15) is 13.2 Å². The molecule has 1 atom stereocenters. The predicted molar refractivity (Wildman–Crippen MR) is 136 cm³/mol. The van der Waals surface area contributed by atoms with Crippen LogP contribution in [0.2, 0.25) is 5.02 Å². The van der Waals surface area contributed by atoms with Crippen molar-refractivity contribution in [2.45, 2.75) is 37.8 Å². The molecule has 1 saturated heterocycles. The Bertz CT molecular complexity index is 1400. The summed E-state index contributed by atoms with van der Waals surface area (Å²) in [5.41, 5.74) is -0.0732. The Kier molecular flexibility index (Phi) is 7.10. The topological polar surface area (TPSA) is 111 Å². The minimum atomic E-state index is -4.32. The fourth-order valence-corrected chi connectivity index (χ4v) is 5.16. The van der Waals surface area contributed by atoms with E-state index >= 15 is 0 Å². The van der Waals surface area contributed by atoms with Crippen LogP contribution in [-0.4, -0.2) is 43.5 Å². The van der Waals surface area contributed by atoms with Gasteiger partial charge in [0, 0.05) is 35.4 Å². The van der Waals surface area contributed by atoms with Crippen LogP contribution in [0.5, 0.6) is 17.4 Å². The number of sulfonamides is 1. The highest BCUT2D eigenvalue weighted by atomic mass is 35.5. The summed E-state index contributed by atoms with van der Waals surface area (Å²) in [4.78, 5) is 23.7. The highest BCUT2D eigenvalue weighted by Gasteiger charge is 2.40. The van der Waals surface area contributed by atoms with E-state index in [4.69, 9.17) is 21.1 Å². The molecule has 0 bridgehead atoms. The maximum absolute atomic E-state index is 13.2. The quantitative estimate of drug-likeness (QED) is 0.469. The van der Waals surface area contributed by atoms with Gasteiger partial charge in [-0.05, 0) is 56.5 Å². The van der Waals surface area contributed by atoms with Crippen molar-refractivity contribution >= 4 is 33.3 Å². The first kappa shape index (κ1) is 25.7. The van der Waals surface area contributed by atoms with Crippen LogP contribution < -0.4 is 19.1 Å². The maximum Gasteiger partial charge on any atom is 0.281 e. The number of benzene rings is 1. The van der Waals surface area contributed by atoms with Crippen molar-refractivity contribution in [3.05, 3.63) is 65.3 Å². The molecule has 1 N–H and O–H groups in total. The number of carbonyl (C=O) groups excluding carboxylic acids is 1. The van der Waals surface area contributed by atoms with E-state index in [-0.39, 0.29) is 27.8 Å². The van der Waals surface area contributed by atoms with Gasteiger partial charge in [-0.25, -0.2) is 9.71 Å². The molecule has 9 nitrogen and oxygen atoms in total. The molecule has 4 rings (SSSR count). The summed E-state index contributed by atoms with van der Waals surface area (Å²) in [6, 6.07) is 12.1. The van der Waals surface area contributed by atoms with Crippen molar-refractivity contribution in [1.82, 2.24) is 14.7 Å². The Balaban J connectivity index is 1.59. The smallest absolute Gasteiger partial charge is 0.281 e. The number of ether oxygens (including phenoxy) is 2. The molecule has 0 spiro atoms. The molecule has 0 saturated carbocycles. The molecule has 190 valence electrons. The molecule has 0 radical (unpaired) electrons. The highest BCUT2D eigenvalue weighted by Crippen LogP contribution is 2.38. The van der Waals surface area contributed by atoms with E-state index in [2.05, 4.69) is 35.5 Å². The highest BCUT2D eigenvalue weighted by molar-refractivity contribution is 7.90. The van der Waals surface area contributed by atoms with Crippen molar-refractivity contribution < 1.29 is 22.7 Å². The van der Waals surface area contributed by atoms with Gasteiger partial charge in [0.15, 0.2) is 16.5 Å². The normalized spacial score (nSPS) is 17.0. The SMILES string of the molecule is COc1ccc(Cl)cc1Oc1cccc(S(=O)(=O)NC(=O)c2cccnc2N2CCC(C)C2(C)C)n1. The van der Waals surface area contributed by atoms with E-state index in [0.29, 0.717) is 29.1 Å². The molecule has 1 fully saturated rings. The summed E-state index contributed by atoms with van der Waals surface area (Å²) in [6.07, 6.45) is 2.53. The number of halogens is 1. The zero-order valence-electron chi connectivity index (χ0n) is 20.4. The Hall–Kier alpha value is -3.37. The fraction of sp³-hybridized carbons (Fsp3) is 0.320. The van der Waals surface area contributed by atoms with Crippen LogP contribution in [0.4, 0.5) is 5.82 Å². The molecule has 3 aromatic rings. The number of rotatable bonds is 7. The molecule has 1 aliphatic rings. The number of anilines is 1. The number of hydrogen-bond acceptors (Lipinski definition) is 8. The first-order valence-corrected chi connectivity index (χ1v) is 13.2. The van der Waals surface area contributed by atoms with Crippen LogP contribution in [0.3, 0.4) is 0 Å². The molecule has 2 aromatic heterocycles. The molecule has 3 heterocycles. The van der Waals surface area contributed by atoms with Crippen LogP contribution in [0.25, 0.3) is 0 Å². The van der Waals surface area contributed by atoms with Gasteiger partial charge in [-0.15, -0.1) is 0 Å². The van der Waals surface area contributed by atoms with Crippen molar-refractivity contribution in [3.8, 4) is 17.4 Å². The number of pyridine rings is 2. The maximum atomic E-state index is 13.2. The molecular formula is C25H27ClN4O5S. The minimum Gasteiger partial charge on any atom is -0.493 e. The second-order valence-electron chi connectivity index (χ2n) is 9.02. The monoisotopic (exact) mass is 530 g/mol. The molecule has 11 heteroatoms. The summed E-state index contributed by atoms with van der Waals surface area (Å²) < 4.78 is 39.2. The number of aromatic nitrogens is 2. The van der Waals surface area contributed by atoms with Gasteiger partial charge >= 0.3 is 0 Å². The van der Waals surface area contributed by atoms with E-state index in [1.807, 2.05) is 4.90 Å². The Labute approximate surface area is 215 Å². The van der Waals surface area contributed by atoms with Crippen LogP contribution >= 0.6 is 11.6 Å². The summed E-state index contributed by atoms with van der Waals surface area (Å²) in [5.74, 6) is 0.672. The molecule has 1 aromatic carbocycles. The van der Waals surface area contributed by atoms with Gasteiger partial charge in [-0.1, -0.05) is 24.6 Å². The summed E-state index contributed by atoms with van der Waals surface area (Å²) in [7, 11) is -2.85. The third-order valence-electron chi connectivity index (χ3n) is 6.51. The Morgan fingerprint density at radius 1 is 1.17 bits per heavy atom. The molecule has 1 unspecified atom stereocenters. The molecule has 36 heavy (non-hydrogen) atoms. The predicted octanol–water partition coefficient (Wildman–Crippen LogP) is 4.67. The van der Waals surface area contributed by atoms with E-state index in [0.717, 1.165) is 6.42 Å². The Morgan fingerprint density at radius 2 is 1.94 bits per heavy atom. The van der Waals surface area contributed by atoms with E-state index < -0.39 is 15.9 Å². The van der Waals surface area contributed by atoms with Gasteiger partial charge in [0.25, 0.3) is 15.9 Å². The first-order chi connectivity index (χ1) is 17.0. The average molecular weight is 531 g/mol. The standard InChI is InChI=1S/C25H27ClN4O5S/c1-16-12-14-30(25(16,2)3)23-18(7-6-13-27-23)24(31)29-36(32,33)22-9-5-8-21(28-22)35-20-15-17(26)10-11-19(20)34-4/h5-11,13,15-16H,12,14H2,1-4H3,(H,29,31). The number of amides is 1. The number of nitrogens with zero attached hydrogens (tertiary/aromatic N) is 3. The lowest BCUT2D eigenvalue weighted by molar-refractivity contribution is 0.0981. The lowest BCUT2D eigenvalue weighted by Gasteiger charge is -2.36. The van der Waals surface area contributed by atoms with Crippen molar-refractivity contribution in [2.24, 2.45) is 5.92 Å². The molecular weight excluding hydrogens is 504 g/mol. The van der Waals surface area contributed by atoms with Crippen molar-refractivity contribution in [2.75, 3.05) is 18.6 Å². The van der Waals surface area contributed by atoms with Gasteiger partial charge in [-0.2, -0.15) is 13.4 Å². The van der Waals surface area contributed by atoms with Gasteiger partial charge in [0.1, 0.15) is 5.82 Å². The molecule has 1 amide bonds. The van der Waals surface area contributed by atoms with Crippen LogP contribution in [0.1, 0.15) is 37.6 Å². The lowest BCUT2D eigenvalue weighted by Crippen LogP contribution is -2.43. The minimum absolute atomic E-state index is 0.0132. The Morgan fingerprint density at radius 3 is 2.64 bits per heavy atom. The zero-order chi connectivity index (χ0) is 26.1. The fourth-order valence-electron chi connectivity index (χ4n) is 4.07. The second-order valence-corrected chi connectivity index (χ2v) is 11.1. The largest absolute Gasteiger partial charge is 0.493 e. The molecule has 1 aliphatic heterocycles. The average Bonchev–Trinajstić information content (AvgIpc) is 3.11. The summed E-state index contributed by atoms with van der Waals surface area (Å²) >= 11 is 6.04. The summed E-state index contributed by atoms with van der Waals surface area (Å²) in [6.45, 7) is 7.03. The first-order valence-electron chi connectivity index (χ1n) is 11.3. The number of methoxy groups -OCH3 is 1. The van der Waals surface area contributed by atoms with Crippen molar-refractivity contribution in [3.63, 3.8) is 0 Å². The number of nitrogens with one attached hydrogen (secondary N) is 1. The van der Waals surface area contributed by atoms with Gasteiger partial charge < -0.3 is 14.4 Å². The number of carbonyl (C=O) groups is 1. The second kappa shape index (κ2) is 9.94. The van der Waals surface area contributed by atoms with Gasteiger partial charge in [0.05, 0.1) is 12.7 Å². The zero-order valence-corrected chi connectivity index (χ0v) is 21.9. The van der Waals surface area contributed by atoms with Crippen molar-refractivity contribution in [1.29, 1.82) is 0 Å². The number of hydrogen-bond donors (Lipinski definition) is 1. The molecule has 0 aliphatic carbocycles. The third kappa shape index (κ3) is 5.10.